The quantitative estimate of drug-likeness (QED) is 0.713. The molecule has 0 spiro atoms. The third kappa shape index (κ3) is 5.24. The van der Waals surface area contributed by atoms with Crippen LogP contribution in [0.3, 0.4) is 0 Å². The molecule has 0 radical (unpaired) electrons. The Hall–Kier alpha value is -0.130. The van der Waals surface area contributed by atoms with Gasteiger partial charge in [0.05, 0.1) is 0 Å². The second-order valence-corrected chi connectivity index (χ2v) is 7.95. The van der Waals surface area contributed by atoms with Crippen molar-refractivity contribution >= 4 is 9.84 Å². The highest BCUT2D eigenvalue weighted by molar-refractivity contribution is 7.90. The zero-order valence-electron chi connectivity index (χ0n) is 11.7. The molecule has 0 aromatic rings. The van der Waals surface area contributed by atoms with Crippen molar-refractivity contribution in [2.24, 2.45) is 5.41 Å². The van der Waals surface area contributed by atoms with Crippen LogP contribution in [0.1, 0.15) is 39.0 Å². The lowest BCUT2D eigenvalue weighted by Gasteiger charge is -2.40. The number of hydrogen-bond acceptors (Lipinski definition) is 4. The maximum Gasteiger partial charge on any atom is 0.147 e. The summed E-state index contributed by atoms with van der Waals surface area (Å²) in [5.41, 5.74) is 0.142. The van der Waals surface area contributed by atoms with E-state index >= 15 is 0 Å². The summed E-state index contributed by atoms with van der Waals surface area (Å²) in [5.74, 6) is 0.302. The summed E-state index contributed by atoms with van der Waals surface area (Å²) in [7, 11) is -2.81. The molecule has 1 aliphatic heterocycles. The normalized spacial score (nSPS) is 21.1. The summed E-state index contributed by atoms with van der Waals surface area (Å²) in [6, 6.07) is 0. The predicted molar refractivity (Wildman–Crippen MR) is 74.4 cm³/mol. The Morgan fingerprint density at radius 3 is 2.28 bits per heavy atom. The minimum Gasteiger partial charge on any atom is -0.396 e. The predicted octanol–water partition coefficient (Wildman–Crippen LogP) is 1.30. The third-order valence-corrected chi connectivity index (χ3v) is 5.27. The Kier molecular flexibility index (Phi) is 6.08. The molecule has 1 N–H and O–H groups in total. The first-order valence-electron chi connectivity index (χ1n) is 6.92. The van der Waals surface area contributed by atoms with Gasteiger partial charge in [0.25, 0.3) is 0 Å². The van der Waals surface area contributed by atoms with Crippen LogP contribution in [-0.4, -0.2) is 56.7 Å². The zero-order valence-corrected chi connectivity index (χ0v) is 12.5. The smallest absolute Gasteiger partial charge is 0.147 e. The van der Waals surface area contributed by atoms with Crippen molar-refractivity contribution in [3.63, 3.8) is 0 Å². The summed E-state index contributed by atoms with van der Waals surface area (Å²) in [6.07, 6.45) is 6.17. The fourth-order valence-corrected chi connectivity index (χ4v) is 3.30. The molecule has 1 rings (SSSR count). The van der Waals surface area contributed by atoms with Gasteiger partial charge in [0.2, 0.25) is 0 Å². The van der Waals surface area contributed by atoms with Crippen LogP contribution in [-0.2, 0) is 9.84 Å². The molecular weight excluding hydrogens is 250 g/mol. The fraction of sp³-hybridized carbons (Fsp3) is 1.00. The van der Waals surface area contributed by atoms with Crippen LogP contribution < -0.4 is 0 Å². The molecular formula is C13H27NO3S. The van der Waals surface area contributed by atoms with Gasteiger partial charge in [-0.2, -0.15) is 0 Å². The SMILES string of the molecule is CCC1(CO)CCN(CCCCS(C)(=O)=O)CC1. The first-order chi connectivity index (χ1) is 8.41. The molecule has 0 amide bonds. The molecule has 108 valence electrons. The van der Waals surface area contributed by atoms with E-state index in [9.17, 15) is 13.5 Å². The van der Waals surface area contributed by atoms with Gasteiger partial charge in [0, 0.05) is 18.6 Å². The second kappa shape index (κ2) is 6.87. The van der Waals surface area contributed by atoms with Crippen molar-refractivity contribution in [3.8, 4) is 0 Å². The van der Waals surface area contributed by atoms with Crippen molar-refractivity contribution in [1.29, 1.82) is 0 Å². The van der Waals surface area contributed by atoms with E-state index < -0.39 is 9.84 Å². The van der Waals surface area contributed by atoms with E-state index in [1.807, 2.05) is 0 Å². The number of likely N-dealkylation sites (tertiary alicyclic amines) is 1. The summed E-state index contributed by atoms with van der Waals surface area (Å²) in [4.78, 5) is 2.39. The fourth-order valence-electron chi connectivity index (χ4n) is 2.57. The number of unbranched alkanes of at least 4 members (excludes halogenated alkanes) is 1. The molecule has 1 fully saturated rings. The van der Waals surface area contributed by atoms with Crippen molar-refractivity contribution in [2.45, 2.75) is 39.0 Å². The van der Waals surface area contributed by atoms with Crippen LogP contribution in [0.15, 0.2) is 0 Å². The highest BCUT2D eigenvalue weighted by Crippen LogP contribution is 2.34. The molecule has 1 saturated heterocycles. The number of piperidine rings is 1. The molecule has 0 atom stereocenters. The van der Waals surface area contributed by atoms with E-state index in [4.69, 9.17) is 0 Å². The van der Waals surface area contributed by atoms with Crippen LogP contribution in [0, 0.1) is 5.41 Å². The van der Waals surface area contributed by atoms with E-state index in [2.05, 4.69) is 11.8 Å². The maximum atomic E-state index is 11.0. The van der Waals surface area contributed by atoms with Crippen LogP contribution in [0.5, 0.6) is 0 Å². The van der Waals surface area contributed by atoms with Crippen molar-refractivity contribution in [1.82, 2.24) is 4.90 Å². The van der Waals surface area contributed by atoms with Crippen LogP contribution >= 0.6 is 0 Å². The minimum absolute atomic E-state index is 0.142. The molecule has 5 heteroatoms. The monoisotopic (exact) mass is 277 g/mol. The Morgan fingerprint density at radius 1 is 1.22 bits per heavy atom. The van der Waals surface area contributed by atoms with Gasteiger partial charge >= 0.3 is 0 Å². The zero-order chi connectivity index (χ0) is 13.6. The third-order valence-electron chi connectivity index (χ3n) is 4.24. The molecule has 0 unspecified atom stereocenters. The Labute approximate surface area is 111 Å². The number of aliphatic hydroxyl groups is 1. The molecule has 0 aromatic carbocycles. The number of rotatable bonds is 7. The van der Waals surface area contributed by atoms with Crippen molar-refractivity contribution < 1.29 is 13.5 Å². The maximum absolute atomic E-state index is 11.0. The molecule has 4 nitrogen and oxygen atoms in total. The first kappa shape index (κ1) is 15.9. The van der Waals surface area contributed by atoms with Gasteiger partial charge in [-0.1, -0.05) is 6.92 Å². The molecule has 0 saturated carbocycles. The van der Waals surface area contributed by atoms with E-state index in [1.165, 1.54) is 6.26 Å². The van der Waals surface area contributed by atoms with Gasteiger partial charge in [-0.25, -0.2) is 8.42 Å². The molecule has 0 bridgehead atoms. The Morgan fingerprint density at radius 2 is 1.83 bits per heavy atom. The van der Waals surface area contributed by atoms with Gasteiger partial charge in [-0.3, -0.25) is 0 Å². The first-order valence-corrected chi connectivity index (χ1v) is 8.98. The van der Waals surface area contributed by atoms with E-state index in [1.54, 1.807) is 0 Å². The topological polar surface area (TPSA) is 57.6 Å². The average Bonchev–Trinajstić information content (AvgIpc) is 2.34. The average molecular weight is 277 g/mol. The summed E-state index contributed by atoms with van der Waals surface area (Å²) in [5, 5.41) is 9.45. The van der Waals surface area contributed by atoms with E-state index in [0.29, 0.717) is 12.4 Å². The van der Waals surface area contributed by atoms with Gasteiger partial charge < -0.3 is 10.0 Å². The van der Waals surface area contributed by atoms with Crippen LogP contribution in [0.25, 0.3) is 0 Å². The lowest BCUT2D eigenvalue weighted by atomic mass is 9.77. The number of hydrogen-bond donors (Lipinski definition) is 1. The standard InChI is InChI=1S/C13H27NO3S/c1-3-13(12-15)6-9-14(10-7-13)8-4-5-11-18(2,16)17/h15H,3-12H2,1-2H3. The van der Waals surface area contributed by atoms with Gasteiger partial charge in [0.1, 0.15) is 9.84 Å². The van der Waals surface area contributed by atoms with E-state index in [0.717, 1.165) is 51.7 Å². The van der Waals surface area contributed by atoms with Gasteiger partial charge in [-0.05, 0) is 57.2 Å². The molecule has 1 aliphatic rings. The van der Waals surface area contributed by atoms with Crippen LogP contribution in [0.4, 0.5) is 0 Å². The minimum atomic E-state index is -2.81. The molecule has 0 aliphatic carbocycles. The largest absolute Gasteiger partial charge is 0.396 e. The van der Waals surface area contributed by atoms with E-state index in [-0.39, 0.29) is 5.41 Å². The number of sulfone groups is 1. The number of aliphatic hydroxyl groups excluding tert-OH is 1. The molecule has 0 aromatic heterocycles. The highest BCUT2D eigenvalue weighted by Gasteiger charge is 2.31. The second-order valence-electron chi connectivity index (χ2n) is 5.69. The molecule has 18 heavy (non-hydrogen) atoms. The number of nitrogens with zero attached hydrogens (tertiary/aromatic N) is 1. The van der Waals surface area contributed by atoms with Crippen molar-refractivity contribution in [3.05, 3.63) is 0 Å². The van der Waals surface area contributed by atoms with Gasteiger partial charge in [-0.15, -0.1) is 0 Å². The van der Waals surface area contributed by atoms with Gasteiger partial charge in [0.15, 0.2) is 0 Å². The summed E-state index contributed by atoms with van der Waals surface area (Å²) in [6.45, 7) is 5.50. The molecule has 1 heterocycles. The van der Waals surface area contributed by atoms with Crippen LogP contribution in [0.2, 0.25) is 0 Å². The summed E-state index contributed by atoms with van der Waals surface area (Å²) >= 11 is 0. The lowest BCUT2D eigenvalue weighted by molar-refractivity contribution is 0.0406. The Bertz CT molecular complexity index is 326. The van der Waals surface area contributed by atoms with Crippen molar-refractivity contribution in [2.75, 3.05) is 38.2 Å². The highest BCUT2D eigenvalue weighted by atomic mass is 32.2. The Balaban J connectivity index is 2.20. The lowest BCUT2D eigenvalue weighted by Crippen LogP contribution is -2.42. The summed E-state index contributed by atoms with van der Waals surface area (Å²) < 4.78 is 22.0.